The van der Waals surface area contributed by atoms with Crippen LogP contribution in [0.3, 0.4) is 0 Å². The fourth-order valence-corrected chi connectivity index (χ4v) is 3.00. The predicted octanol–water partition coefficient (Wildman–Crippen LogP) is 4.70. The fraction of sp³-hybridized carbons (Fsp3) is 0.647. The zero-order valence-corrected chi connectivity index (χ0v) is 11.7. The van der Waals surface area contributed by atoms with Gasteiger partial charge in [-0.2, -0.15) is 0 Å². The van der Waals surface area contributed by atoms with Crippen LogP contribution in [0.4, 0.5) is 0 Å². The van der Waals surface area contributed by atoms with Crippen molar-refractivity contribution in [3.63, 3.8) is 0 Å². The first-order valence-electron chi connectivity index (χ1n) is 7.68. The van der Waals surface area contributed by atoms with Crippen LogP contribution in [0.25, 0.3) is 0 Å². The van der Waals surface area contributed by atoms with E-state index < -0.39 is 0 Å². The average molecular weight is 245 g/mol. The summed E-state index contributed by atoms with van der Waals surface area (Å²) in [5.74, 6) is 0.929. The van der Waals surface area contributed by atoms with Gasteiger partial charge in [0.05, 0.1) is 0 Å². The molecule has 18 heavy (non-hydrogen) atoms. The zero-order chi connectivity index (χ0) is 12.6. The molecule has 1 nitrogen and oxygen atoms in total. The summed E-state index contributed by atoms with van der Waals surface area (Å²) >= 11 is 0. The van der Waals surface area contributed by atoms with Crippen LogP contribution < -0.4 is 5.32 Å². The van der Waals surface area contributed by atoms with Gasteiger partial charge in [-0.15, -0.1) is 0 Å². The van der Waals surface area contributed by atoms with Crippen LogP contribution in [0.5, 0.6) is 0 Å². The van der Waals surface area contributed by atoms with Gasteiger partial charge in [-0.25, -0.2) is 0 Å². The number of hydrogen-bond donors (Lipinski definition) is 1. The molecule has 0 amide bonds. The van der Waals surface area contributed by atoms with Crippen molar-refractivity contribution in [2.45, 2.75) is 57.9 Å². The van der Waals surface area contributed by atoms with Crippen molar-refractivity contribution in [3.8, 4) is 0 Å². The summed E-state index contributed by atoms with van der Waals surface area (Å²) in [6.07, 6.45) is 9.62. The van der Waals surface area contributed by atoms with Gasteiger partial charge in [-0.1, -0.05) is 62.9 Å². The lowest BCUT2D eigenvalue weighted by atomic mass is 10.00. The molecule has 2 rings (SSSR count). The molecule has 100 valence electrons. The normalized spacial score (nSPS) is 18.1. The van der Waals surface area contributed by atoms with Gasteiger partial charge in [0.1, 0.15) is 0 Å². The van der Waals surface area contributed by atoms with Gasteiger partial charge in [0.25, 0.3) is 0 Å². The van der Waals surface area contributed by atoms with E-state index in [4.69, 9.17) is 0 Å². The van der Waals surface area contributed by atoms with Crippen LogP contribution in [0, 0.1) is 5.92 Å². The lowest BCUT2D eigenvalue weighted by Gasteiger charge is -2.21. The number of nitrogens with one attached hydrogen (secondary N) is 1. The molecule has 1 aromatic rings. The van der Waals surface area contributed by atoms with Crippen LogP contribution >= 0.6 is 0 Å². The largest absolute Gasteiger partial charge is 0.310 e. The molecule has 0 heterocycles. The molecule has 1 aliphatic rings. The van der Waals surface area contributed by atoms with Crippen LogP contribution in [-0.4, -0.2) is 6.54 Å². The second kappa shape index (κ2) is 7.58. The minimum absolute atomic E-state index is 0.562. The summed E-state index contributed by atoms with van der Waals surface area (Å²) < 4.78 is 0. The Labute approximate surface area is 112 Å². The SMILES string of the molecule is CCCCC(NCC1CCCC1)c1ccccc1. The Balaban J connectivity index is 1.87. The molecular formula is C17H27N. The summed E-state index contributed by atoms with van der Waals surface area (Å²) in [7, 11) is 0. The van der Waals surface area contributed by atoms with E-state index in [1.807, 2.05) is 0 Å². The van der Waals surface area contributed by atoms with E-state index in [2.05, 4.69) is 42.6 Å². The van der Waals surface area contributed by atoms with Gasteiger partial charge in [0.2, 0.25) is 0 Å². The minimum atomic E-state index is 0.562. The molecule has 1 aromatic carbocycles. The van der Waals surface area contributed by atoms with Crippen molar-refractivity contribution < 1.29 is 0 Å². The fourth-order valence-electron chi connectivity index (χ4n) is 3.00. The molecule has 1 saturated carbocycles. The highest BCUT2D eigenvalue weighted by Crippen LogP contribution is 2.26. The van der Waals surface area contributed by atoms with E-state index in [-0.39, 0.29) is 0 Å². The van der Waals surface area contributed by atoms with E-state index in [0.29, 0.717) is 6.04 Å². The van der Waals surface area contributed by atoms with Gasteiger partial charge in [0, 0.05) is 6.04 Å². The molecule has 0 aromatic heterocycles. The first-order chi connectivity index (χ1) is 8.90. The van der Waals surface area contributed by atoms with Crippen LogP contribution in [0.1, 0.15) is 63.5 Å². The molecule has 1 N–H and O–H groups in total. The van der Waals surface area contributed by atoms with Gasteiger partial charge in [-0.3, -0.25) is 0 Å². The summed E-state index contributed by atoms with van der Waals surface area (Å²) in [4.78, 5) is 0. The van der Waals surface area contributed by atoms with Crippen molar-refractivity contribution in [2.75, 3.05) is 6.54 Å². The highest BCUT2D eigenvalue weighted by Gasteiger charge is 2.17. The van der Waals surface area contributed by atoms with Crippen molar-refractivity contribution in [2.24, 2.45) is 5.92 Å². The Bertz CT molecular complexity index is 314. The Morgan fingerprint density at radius 3 is 2.56 bits per heavy atom. The Morgan fingerprint density at radius 1 is 1.17 bits per heavy atom. The van der Waals surface area contributed by atoms with Gasteiger partial charge in [0.15, 0.2) is 0 Å². The number of rotatable bonds is 7. The molecule has 1 atom stereocenters. The van der Waals surface area contributed by atoms with Crippen molar-refractivity contribution in [1.82, 2.24) is 5.32 Å². The molecule has 0 radical (unpaired) electrons. The molecule has 0 bridgehead atoms. The number of hydrogen-bond acceptors (Lipinski definition) is 1. The third-order valence-corrected chi connectivity index (χ3v) is 4.18. The Morgan fingerprint density at radius 2 is 1.89 bits per heavy atom. The third kappa shape index (κ3) is 4.13. The average Bonchev–Trinajstić information content (AvgIpc) is 2.93. The van der Waals surface area contributed by atoms with Crippen molar-refractivity contribution >= 4 is 0 Å². The molecule has 1 unspecified atom stereocenters. The van der Waals surface area contributed by atoms with Crippen LogP contribution in [0.15, 0.2) is 30.3 Å². The highest BCUT2D eigenvalue weighted by molar-refractivity contribution is 5.18. The number of benzene rings is 1. The maximum absolute atomic E-state index is 3.81. The molecule has 0 spiro atoms. The molecular weight excluding hydrogens is 218 g/mol. The van der Waals surface area contributed by atoms with Crippen LogP contribution in [-0.2, 0) is 0 Å². The van der Waals surface area contributed by atoms with E-state index in [1.54, 1.807) is 0 Å². The topological polar surface area (TPSA) is 12.0 Å². The summed E-state index contributed by atoms with van der Waals surface area (Å²) in [5, 5.41) is 3.81. The Hall–Kier alpha value is -0.820. The third-order valence-electron chi connectivity index (χ3n) is 4.18. The predicted molar refractivity (Wildman–Crippen MR) is 78.7 cm³/mol. The van der Waals surface area contributed by atoms with E-state index in [9.17, 15) is 0 Å². The van der Waals surface area contributed by atoms with Gasteiger partial charge < -0.3 is 5.32 Å². The zero-order valence-electron chi connectivity index (χ0n) is 11.7. The lowest BCUT2D eigenvalue weighted by Crippen LogP contribution is -2.26. The lowest BCUT2D eigenvalue weighted by molar-refractivity contribution is 0.415. The molecule has 1 heteroatoms. The number of unbranched alkanes of at least 4 members (excludes halogenated alkanes) is 1. The van der Waals surface area contributed by atoms with E-state index in [0.717, 1.165) is 5.92 Å². The van der Waals surface area contributed by atoms with Gasteiger partial charge in [-0.05, 0) is 37.3 Å². The minimum Gasteiger partial charge on any atom is -0.310 e. The maximum Gasteiger partial charge on any atom is 0.0320 e. The summed E-state index contributed by atoms with van der Waals surface area (Å²) in [6, 6.07) is 11.5. The van der Waals surface area contributed by atoms with Crippen molar-refractivity contribution in [3.05, 3.63) is 35.9 Å². The first-order valence-corrected chi connectivity index (χ1v) is 7.68. The molecule has 1 fully saturated rings. The van der Waals surface area contributed by atoms with Gasteiger partial charge >= 0.3 is 0 Å². The van der Waals surface area contributed by atoms with E-state index in [1.165, 1.54) is 57.1 Å². The molecule has 0 saturated heterocycles. The van der Waals surface area contributed by atoms with Crippen LogP contribution in [0.2, 0.25) is 0 Å². The second-order valence-electron chi connectivity index (χ2n) is 5.66. The highest BCUT2D eigenvalue weighted by atomic mass is 14.9. The molecule has 1 aliphatic carbocycles. The van der Waals surface area contributed by atoms with E-state index >= 15 is 0 Å². The molecule has 0 aliphatic heterocycles. The smallest absolute Gasteiger partial charge is 0.0320 e. The summed E-state index contributed by atoms with van der Waals surface area (Å²) in [5.41, 5.74) is 1.46. The first kappa shape index (κ1) is 13.6. The van der Waals surface area contributed by atoms with Crippen molar-refractivity contribution in [1.29, 1.82) is 0 Å². The quantitative estimate of drug-likeness (QED) is 0.734. The second-order valence-corrected chi connectivity index (χ2v) is 5.66. The Kier molecular flexibility index (Phi) is 5.73. The summed E-state index contributed by atoms with van der Waals surface area (Å²) in [6.45, 7) is 3.49. The monoisotopic (exact) mass is 245 g/mol. The standard InChI is InChI=1S/C17H27N/c1-2-3-13-17(16-11-5-4-6-12-16)18-14-15-9-7-8-10-15/h4-6,11-12,15,17-18H,2-3,7-10,13-14H2,1H3. The maximum atomic E-state index is 3.81.